The summed E-state index contributed by atoms with van der Waals surface area (Å²) >= 11 is 11.8. The molecule has 0 aliphatic carbocycles. The summed E-state index contributed by atoms with van der Waals surface area (Å²) in [5, 5.41) is 24.1. The molecule has 1 unspecified atom stereocenters. The molecule has 0 saturated heterocycles. The van der Waals surface area contributed by atoms with Gasteiger partial charge in [-0.25, -0.2) is 4.79 Å². The van der Waals surface area contributed by atoms with E-state index in [0.29, 0.717) is 15.7 Å². The van der Waals surface area contributed by atoms with Crippen LogP contribution in [0.2, 0.25) is 10.0 Å². The highest BCUT2D eigenvalue weighted by atomic mass is 35.5. The van der Waals surface area contributed by atoms with E-state index in [9.17, 15) is 9.59 Å². The first-order valence-corrected chi connectivity index (χ1v) is 7.85. The zero-order valence-corrected chi connectivity index (χ0v) is 14.6. The van der Waals surface area contributed by atoms with Crippen molar-refractivity contribution >= 4 is 40.8 Å². The number of amides is 1. The summed E-state index contributed by atoms with van der Waals surface area (Å²) in [4.78, 5) is 23.2. The SMILES string of the molecule is CC(C)CC(NC(=O)/C(C#N)=C\Nc1ccc(Cl)cc1Cl)C(=O)O. The Morgan fingerprint density at radius 1 is 1.38 bits per heavy atom. The molecule has 0 fully saturated rings. The second-order valence-electron chi connectivity index (χ2n) is 5.43. The molecule has 0 radical (unpaired) electrons. The summed E-state index contributed by atoms with van der Waals surface area (Å²) < 4.78 is 0. The molecule has 0 aliphatic rings. The summed E-state index contributed by atoms with van der Waals surface area (Å²) in [6, 6.07) is 5.36. The van der Waals surface area contributed by atoms with Gasteiger partial charge in [-0.05, 0) is 30.5 Å². The number of nitriles is 1. The zero-order chi connectivity index (χ0) is 18.3. The van der Waals surface area contributed by atoms with E-state index in [4.69, 9.17) is 33.6 Å². The number of carbonyl (C=O) groups excluding carboxylic acids is 1. The van der Waals surface area contributed by atoms with E-state index < -0.39 is 17.9 Å². The number of carboxylic acid groups (broad SMARTS) is 1. The van der Waals surface area contributed by atoms with E-state index in [1.54, 1.807) is 18.2 Å². The predicted octanol–water partition coefficient (Wildman–Crippen LogP) is 3.43. The van der Waals surface area contributed by atoms with Crippen LogP contribution in [0.3, 0.4) is 0 Å². The molecule has 1 rings (SSSR count). The molecule has 0 saturated carbocycles. The summed E-state index contributed by atoms with van der Waals surface area (Å²) in [6.45, 7) is 3.68. The van der Waals surface area contributed by atoms with Gasteiger partial charge in [-0.2, -0.15) is 5.26 Å². The van der Waals surface area contributed by atoms with Crippen LogP contribution in [0.4, 0.5) is 5.69 Å². The lowest BCUT2D eigenvalue weighted by Gasteiger charge is -2.16. The molecule has 128 valence electrons. The van der Waals surface area contributed by atoms with Gasteiger partial charge in [0.2, 0.25) is 0 Å². The highest BCUT2D eigenvalue weighted by Gasteiger charge is 2.22. The van der Waals surface area contributed by atoms with Gasteiger partial charge in [0.25, 0.3) is 5.91 Å². The van der Waals surface area contributed by atoms with Crippen molar-refractivity contribution < 1.29 is 14.7 Å². The topological polar surface area (TPSA) is 102 Å². The molecule has 1 atom stereocenters. The number of nitrogens with one attached hydrogen (secondary N) is 2. The van der Waals surface area contributed by atoms with E-state index in [1.807, 2.05) is 13.8 Å². The number of carbonyl (C=O) groups is 2. The van der Waals surface area contributed by atoms with Crippen LogP contribution in [-0.4, -0.2) is 23.0 Å². The first-order valence-electron chi connectivity index (χ1n) is 7.10. The van der Waals surface area contributed by atoms with Crippen LogP contribution < -0.4 is 10.6 Å². The van der Waals surface area contributed by atoms with Crippen molar-refractivity contribution in [1.82, 2.24) is 5.32 Å². The molecule has 0 aliphatic heterocycles. The number of rotatable bonds is 7. The summed E-state index contributed by atoms with van der Waals surface area (Å²) in [6.07, 6.45) is 1.43. The van der Waals surface area contributed by atoms with Crippen molar-refractivity contribution in [2.24, 2.45) is 5.92 Å². The standard InChI is InChI=1S/C16H17Cl2N3O3/c1-9(2)5-14(16(23)24)21-15(22)10(7-19)8-20-13-4-3-11(17)6-12(13)18/h3-4,6,8-9,14,20H,5H2,1-2H3,(H,21,22)(H,23,24)/b10-8-. The molecule has 1 aromatic carbocycles. The Hall–Kier alpha value is -2.23. The normalized spacial score (nSPS) is 12.4. The second-order valence-corrected chi connectivity index (χ2v) is 6.28. The Morgan fingerprint density at radius 2 is 2.04 bits per heavy atom. The van der Waals surface area contributed by atoms with Gasteiger partial charge >= 0.3 is 5.97 Å². The lowest BCUT2D eigenvalue weighted by Crippen LogP contribution is -2.42. The molecule has 6 nitrogen and oxygen atoms in total. The Kier molecular flexibility index (Phi) is 7.56. The van der Waals surface area contributed by atoms with Crippen LogP contribution in [0.1, 0.15) is 20.3 Å². The third kappa shape index (κ3) is 6.11. The molecule has 8 heteroatoms. The quantitative estimate of drug-likeness (QED) is 0.504. The minimum atomic E-state index is -1.15. The fourth-order valence-electron chi connectivity index (χ4n) is 1.83. The molecule has 1 amide bonds. The van der Waals surface area contributed by atoms with Crippen molar-refractivity contribution in [1.29, 1.82) is 5.26 Å². The number of halogens is 2. The molecule has 24 heavy (non-hydrogen) atoms. The van der Waals surface area contributed by atoms with Crippen LogP contribution in [0.5, 0.6) is 0 Å². The van der Waals surface area contributed by atoms with E-state index in [-0.39, 0.29) is 17.9 Å². The Balaban J connectivity index is 2.85. The lowest BCUT2D eigenvalue weighted by atomic mass is 10.0. The summed E-state index contributed by atoms with van der Waals surface area (Å²) in [7, 11) is 0. The van der Waals surface area contributed by atoms with Crippen molar-refractivity contribution in [3.05, 3.63) is 40.0 Å². The average molecular weight is 370 g/mol. The molecule has 0 bridgehead atoms. The highest BCUT2D eigenvalue weighted by molar-refractivity contribution is 6.36. The monoisotopic (exact) mass is 369 g/mol. The van der Waals surface area contributed by atoms with E-state index in [2.05, 4.69) is 10.6 Å². The fraction of sp³-hybridized carbons (Fsp3) is 0.312. The smallest absolute Gasteiger partial charge is 0.326 e. The van der Waals surface area contributed by atoms with Crippen LogP contribution in [0, 0.1) is 17.2 Å². The Morgan fingerprint density at radius 3 is 2.54 bits per heavy atom. The first kappa shape index (κ1) is 19.8. The van der Waals surface area contributed by atoms with Crippen LogP contribution >= 0.6 is 23.2 Å². The Bertz CT molecular complexity index is 696. The molecule has 0 aromatic heterocycles. The number of hydrogen-bond donors (Lipinski definition) is 3. The van der Waals surface area contributed by atoms with E-state index in [1.165, 1.54) is 12.3 Å². The first-order chi connectivity index (χ1) is 11.2. The minimum absolute atomic E-state index is 0.0758. The fourth-order valence-corrected chi connectivity index (χ4v) is 2.30. The maximum Gasteiger partial charge on any atom is 0.326 e. The third-order valence-electron chi connectivity index (χ3n) is 2.98. The summed E-state index contributed by atoms with van der Waals surface area (Å²) in [5.74, 6) is -1.85. The second kappa shape index (κ2) is 9.16. The third-order valence-corrected chi connectivity index (χ3v) is 3.53. The van der Waals surface area contributed by atoms with Crippen LogP contribution in [-0.2, 0) is 9.59 Å². The van der Waals surface area contributed by atoms with Gasteiger partial charge in [0.15, 0.2) is 0 Å². The lowest BCUT2D eigenvalue weighted by molar-refractivity contribution is -0.141. The molecule has 0 spiro atoms. The van der Waals surface area contributed by atoms with Gasteiger partial charge in [-0.3, -0.25) is 4.79 Å². The van der Waals surface area contributed by atoms with Crippen LogP contribution in [0.25, 0.3) is 0 Å². The van der Waals surface area contributed by atoms with Gasteiger partial charge in [-0.15, -0.1) is 0 Å². The number of nitrogens with zero attached hydrogens (tertiary/aromatic N) is 1. The van der Waals surface area contributed by atoms with E-state index in [0.717, 1.165) is 0 Å². The van der Waals surface area contributed by atoms with Crippen molar-refractivity contribution in [3.63, 3.8) is 0 Å². The number of benzene rings is 1. The zero-order valence-electron chi connectivity index (χ0n) is 13.1. The summed E-state index contributed by atoms with van der Waals surface area (Å²) in [5.41, 5.74) is 0.189. The average Bonchev–Trinajstić information content (AvgIpc) is 2.48. The number of hydrogen-bond acceptors (Lipinski definition) is 4. The van der Waals surface area contributed by atoms with E-state index >= 15 is 0 Å². The molecular formula is C16H17Cl2N3O3. The maximum atomic E-state index is 12.1. The molecule has 0 heterocycles. The minimum Gasteiger partial charge on any atom is -0.480 e. The van der Waals surface area contributed by atoms with Crippen molar-refractivity contribution in [2.75, 3.05) is 5.32 Å². The highest BCUT2D eigenvalue weighted by Crippen LogP contribution is 2.25. The van der Waals surface area contributed by atoms with Gasteiger partial charge in [0.1, 0.15) is 17.7 Å². The molecule has 3 N–H and O–H groups in total. The molecule has 1 aromatic rings. The predicted molar refractivity (Wildman–Crippen MR) is 92.8 cm³/mol. The van der Waals surface area contributed by atoms with Crippen molar-refractivity contribution in [2.45, 2.75) is 26.3 Å². The number of anilines is 1. The van der Waals surface area contributed by atoms with Crippen molar-refractivity contribution in [3.8, 4) is 6.07 Å². The van der Waals surface area contributed by atoms with Gasteiger partial charge < -0.3 is 15.7 Å². The number of carboxylic acids is 1. The maximum absolute atomic E-state index is 12.1. The largest absolute Gasteiger partial charge is 0.480 e. The van der Waals surface area contributed by atoms with Gasteiger partial charge in [-0.1, -0.05) is 37.0 Å². The van der Waals surface area contributed by atoms with Gasteiger partial charge in [0.05, 0.1) is 10.7 Å². The molecular weight excluding hydrogens is 353 g/mol. The van der Waals surface area contributed by atoms with Gasteiger partial charge in [0, 0.05) is 11.2 Å². The number of aliphatic carboxylic acids is 1. The van der Waals surface area contributed by atoms with Crippen LogP contribution in [0.15, 0.2) is 30.0 Å². The Labute approximate surface area is 150 Å².